The summed E-state index contributed by atoms with van der Waals surface area (Å²) in [5, 5.41) is 0. The molecule has 0 amide bonds. The Labute approximate surface area is 235 Å². The van der Waals surface area contributed by atoms with Crippen molar-refractivity contribution in [3.05, 3.63) is 114 Å². The van der Waals surface area contributed by atoms with Crippen LogP contribution >= 0.6 is 0 Å². The summed E-state index contributed by atoms with van der Waals surface area (Å²) in [7, 11) is -0.354. The van der Waals surface area contributed by atoms with E-state index in [1.165, 1.54) is 65.5 Å². The van der Waals surface area contributed by atoms with Gasteiger partial charge in [-0.3, -0.25) is 0 Å². The van der Waals surface area contributed by atoms with Crippen LogP contribution in [0.15, 0.2) is 103 Å². The van der Waals surface area contributed by atoms with Crippen LogP contribution in [0.4, 0.5) is 0 Å². The van der Waals surface area contributed by atoms with E-state index >= 15 is 0 Å². The van der Waals surface area contributed by atoms with Gasteiger partial charge in [0.1, 0.15) is 0 Å². The van der Waals surface area contributed by atoms with E-state index in [-0.39, 0.29) is 18.3 Å². The number of unbranched alkanes of at least 4 members (excludes halogenated alkanes) is 3. The third kappa shape index (κ3) is 6.72. The van der Waals surface area contributed by atoms with Crippen LogP contribution < -0.4 is 5.46 Å². The maximum atomic E-state index is 6.30. The molecule has 0 atom stereocenters. The van der Waals surface area contributed by atoms with Gasteiger partial charge in [0.2, 0.25) is 0 Å². The Kier molecular flexibility index (Phi) is 8.40. The largest absolute Gasteiger partial charge is 0.494 e. The molecule has 1 heterocycles. The lowest BCUT2D eigenvalue weighted by Gasteiger charge is -2.32. The van der Waals surface area contributed by atoms with Crippen molar-refractivity contribution >= 4 is 12.6 Å². The molecule has 0 bridgehead atoms. The van der Waals surface area contributed by atoms with Gasteiger partial charge in [-0.2, -0.15) is 0 Å². The lowest BCUT2D eigenvalue weighted by molar-refractivity contribution is 0.00578. The first-order chi connectivity index (χ1) is 18.8. The SMILES string of the molecule is CC1(C)OB(c2cccc(-c3cccc(-c4cccc(CCCCCCc5ccccc5)c4)c3)c2)OC1(C)C. The maximum Gasteiger partial charge on any atom is 0.494 e. The summed E-state index contributed by atoms with van der Waals surface area (Å²) in [5.74, 6) is 0. The number of rotatable bonds is 10. The van der Waals surface area contributed by atoms with Crippen LogP contribution in [0.5, 0.6) is 0 Å². The summed E-state index contributed by atoms with van der Waals surface area (Å²) in [6.45, 7) is 8.39. The van der Waals surface area contributed by atoms with Gasteiger partial charge in [-0.15, -0.1) is 0 Å². The van der Waals surface area contributed by atoms with E-state index in [0.29, 0.717) is 0 Å². The van der Waals surface area contributed by atoms with Crippen LogP contribution in [0.25, 0.3) is 22.3 Å². The Hall–Kier alpha value is -3.14. The van der Waals surface area contributed by atoms with Crippen LogP contribution in [0.3, 0.4) is 0 Å². The fraction of sp³-hybridized carbons (Fsp3) is 0.333. The number of aryl methyl sites for hydroxylation is 2. The zero-order valence-electron chi connectivity index (χ0n) is 24.0. The average molecular weight is 517 g/mol. The maximum absolute atomic E-state index is 6.30. The molecule has 0 spiro atoms. The molecular formula is C36H41BO2. The number of hydrogen-bond acceptors (Lipinski definition) is 2. The van der Waals surface area contributed by atoms with E-state index in [0.717, 1.165) is 11.9 Å². The average Bonchev–Trinajstić information content (AvgIpc) is 3.18. The molecule has 0 radical (unpaired) electrons. The first-order valence-electron chi connectivity index (χ1n) is 14.5. The lowest BCUT2D eigenvalue weighted by Crippen LogP contribution is -2.41. The summed E-state index contributed by atoms with van der Waals surface area (Å²) < 4.78 is 12.6. The van der Waals surface area contributed by atoms with Gasteiger partial charge in [0.15, 0.2) is 0 Å². The minimum atomic E-state index is -0.354. The van der Waals surface area contributed by atoms with Crippen molar-refractivity contribution in [2.75, 3.05) is 0 Å². The Bertz CT molecular complexity index is 1360. The van der Waals surface area contributed by atoms with Crippen LogP contribution in [-0.4, -0.2) is 18.3 Å². The van der Waals surface area contributed by atoms with Crippen LogP contribution in [0.1, 0.15) is 64.5 Å². The molecule has 0 unspecified atom stereocenters. The van der Waals surface area contributed by atoms with Crippen molar-refractivity contribution < 1.29 is 9.31 Å². The molecule has 1 saturated heterocycles. The van der Waals surface area contributed by atoms with E-state index in [1.807, 2.05) is 0 Å². The molecule has 1 aliphatic heterocycles. The quantitative estimate of drug-likeness (QED) is 0.155. The topological polar surface area (TPSA) is 18.5 Å². The van der Waals surface area contributed by atoms with Gasteiger partial charge in [-0.1, -0.05) is 110 Å². The van der Waals surface area contributed by atoms with Crippen LogP contribution in [-0.2, 0) is 22.2 Å². The highest BCUT2D eigenvalue weighted by molar-refractivity contribution is 6.62. The molecule has 39 heavy (non-hydrogen) atoms. The normalized spacial score (nSPS) is 15.9. The zero-order valence-corrected chi connectivity index (χ0v) is 24.0. The minimum Gasteiger partial charge on any atom is -0.399 e. The van der Waals surface area contributed by atoms with E-state index in [4.69, 9.17) is 9.31 Å². The first-order valence-corrected chi connectivity index (χ1v) is 14.5. The van der Waals surface area contributed by atoms with Crippen LogP contribution in [0.2, 0.25) is 0 Å². The number of benzene rings is 4. The fourth-order valence-corrected chi connectivity index (χ4v) is 5.29. The molecule has 0 saturated carbocycles. The molecule has 5 rings (SSSR count). The number of hydrogen-bond donors (Lipinski definition) is 0. The highest BCUT2D eigenvalue weighted by Crippen LogP contribution is 2.37. The first kappa shape index (κ1) is 27.4. The van der Waals surface area contributed by atoms with Gasteiger partial charge >= 0.3 is 7.12 Å². The van der Waals surface area contributed by atoms with Crippen molar-refractivity contribution in [3.63, 3.8) is 0 Å². The zero-order chi connectivity index (χ0) is 27.3. The van der Waals surface area contributed by atoms with Crippen molar-refractivity contribution in [2.45, 2.75) is 77.4 Å². The van der Waals surface area contributed by atoms with Gasteiger partial charge < -0.3 is 9.31 Å². The molecule has 4 aromatic carbocycles. The third-order valence-corrected chi connectivity index (χ3v) is 8.39. The van der Waals surface area contributed by atoms with E-state index in [1.54, 1.807) is 0 Å². The molecule has 3 heteroatoms. The summed E-state index contributed by atoms with van der Waals surface area (Å²) in [6.07, 6.45) is 7.41. The second-order valence-corrected chi connectivity index (χ2v) is 11.9. The lowest BCUT2D eigenvalue weighted by atomic mass is 9.78. The fourth-order valence-electron chi connectivity index (χ4n) is 5.29. The summed E-state index contributed by atoms with van der Waals surface area (Å²) >= 11 is 0. The monoisotopic (exact) mass is 516 g/mol. The second-order valence-electron chi connectivity index (χ2n) is 11.9. The van der Waals surface area contributed by atoms with Crippen molar-refractivity contribution in [3.8, 4) is 22.3 Å². The Balaban J connectivity index is 1.21. The van der Waals surface area contributed by atoms with Gasteiger partial charge in [0.25, 0.3) is 0 Å². The highest BCUT2D eigenvalue weighted by atomic mass is 16.7. The summed E-state index contributed by atoms with van der Waals surface area (Å²) in [5.41, 5.74) is 8.14. The Morgan fingerprint density at radius 2 is 0.974 bits per heavy atom. The van der Waals surface area contributed by atoms with E-state index in [9.17, 15) is 0 Å². The van der Waals surface area contributed by atoms with E-state index in [2.05, 4.69) is 131 Å². The Morgan fingerprint density at radius 3 is 1.62 bits per heavy atom. The minimum absolute atomic E-state index is 0.346. The standard InChI is InChI=1S/C36H41BO2/c1-35(2)36(3,4)39-37(38-35)34-24-14-23-33(27-34)32-22-13-21-31(26-32)30-20-12-19-29(25-30)18-9-6-5-8-15-28-16-10-7-11-17-28/h7,10-14,16-17,19-27H,5-6,8-9,15,18H2,1-4H3. The molecule has 2 nitrogen and oxygen atoms in total. The van der Waals surface area contributed by atoms with Crippen molar-refractivity contribution in [2.24, 2.45) is 0 Å². The predicted octanol–water partition coefficient (Wildman–Crippen LogP) is 8.67. The smallest absolute Gasteiger partial charge is 0.399 e. The molecule has 1 aliphatic rings. The highest BCUT2D eigenvalue weighted by Gasteiger charge is 2.51. The third-order valence-electron chi connectivity index (χ3n) is 8.39. The molecule has 0 aliphatic carbocycles. The molecule has 0 aromatic heterocycles. The second kappa shape index (κ2) is 11.9. The molecule has 1 fully saturated rings. The predicted molar refractivity (Wildman–Crippen MR) is 165 cm³/mol. The van der Waals surface area contributed by atoms with Crippen molar-refractivity contribution in [1.29, 1.82) is 0 Å². The van der Waals surface area contributed by atoms with Crippen LogP contribution in [0, 0.1) is 0 Å². The molecular weight excluding hydrogens is 475 g/mol. The summed E-state index contributed by atoms with van der Waals surface area (Å²) in [4.78, 5) is 0. The summed E-state index contributed by atoms with van der Waals surface area (Å²) in [6, 6.07) is 37.3. The van der Waals surface area contributed by atoms with Gasteiger partial charge in [0.05, 0.1) is 11.2 Å². The van der Waals surface area contributed by atoms with Gasteiger partial charge in [-0.05, 0) is 98.3 Å². The van der Waals surface area contributed by atoms with Gasteiger partial charge in [-0.25, -0.2) is 0 Å². The van der Waals surface area contributed by atoms with Crippen molar-refractivity contribution in [1.82, 2.24) is 0 Å². The Morgan fingerprint density at radius 1 is 0.487 bits per heavy atom. The molecule has 200 valence electrons. The molecule has 4 aromatic rings. The van der Waals surface area contributed by atoms with E-state index < -0.39 is 0 Å². The van der Waals surface area contributed by atoms with Gasteiger partial charge in [0, 0.05) is 0 Å². The molecule has 0 N–H and O–H groups in total.